The summed E-state index contributed by atoms with van der Waals surface area (Å²) in [4.78, 5) is 25.3. The molecule has 0 spiro atoms. The predicted molar refractivity (Wildman–Crippen MR) is 74.4 cm³/mol. The molecule has 1 aromatic rings. The zero-order chi connectivity index (χ0) is 14.7. The highest BCUT2D eigenvalue weighted by atomic mass is 32.2. The van der Waals surface area contributed by atoms with Gasteiger partial charge in [0.2, 0.25) is 0 Å². The molecule has 1 aliphatic rings. The van der Waals surface area contributed by atoms with Gasteiger partial charge in [0.25, 0.3) is 5.91 Å². The van der Waals surface area contributed by atoms with Crippen LogP contribution < -0.4 is 0 Å². The molecule has 1 N–H and O–H groups in total. The molecule has 0 atom stereocenters. The number of likely N-dealkylation sites (tertiary alicyclic amines) is 1. The molecular formula is C14H16FNO3S. The normalized spacial score (nSPS) is 16.2. The van der Waals surface area contributed by atoms with Crippen molar-refractivity contribution >= 4 is 23.6 Å². The van der Waals surface area contributed by atoms with Crippen molar-refractivity contribution < 1.29 is 19.1 Å². The van der Waals surface area contributed by atoms with E-state index < -0.39 is 5.97 Å². The molecule has 1 aromatic carbocycles. The van der Waals surface area contributed by atoms with Crippen molar-refractivity contribution in [3.05, 3.63) is 29.6 Å². The lowest BCUT2D eigenvalue weighted by atomic mass is 9.96. The van der Waals surface area contributed by atoms with E-state index in [0.29, 0.717) is 36.4 Å². The Kier molecular flexibility index (Phi) is 4.65. The zero-order valence-corrected chi connectivity index (χ0v) is 12.0. The maximum atomic E-state index is 13.4. The molecule has 0 unspecified atom stereocenters. The van der Waals surface area contributed by atoms with Crippen LogP contribution in [0.25, 0.3) is 0 Å². The molecule has 6 heteroatoms. The number of halogens is 1. The zero-order valence-electron chi connectivity index (χ0n) is 11.1. The van der Waals surface area contributed by atoms with Gasteiger partial charge in [-0.05, 0) is 37.3 Å². The van der Waals surface area contributed by atoms with Crippen molar-refractivity contribution in [2.24, 2.45) is 5.92 Å². The number of amides is 1. The van der Waals surface area contributed by atoms with Gasteiger partial charge in [-0.1, -0.05) is 0 Å². The van der Waals surface area contributed by atoms with Crippen LogP contribution in [0.5, 0.6) is 0 Å². The number of carboxylic acids is 1. The Balaban J connectivity index is 2.07. The number of carboxylic acid groups (broad SMARTS) is 1. The first-order chi connectivity index (χ1) is 9.52. The second-order valence-electron chi connectivity index (χ2n) is 4.75. The number of nitrogens with zero attached hydrogens (tertiary/aromatic N) is 1. The number of benzene rings is 1. The molecule has 0 aromatic heterocycles. The number of carbonyl (C=O) groups excluding carboxylic acids is 1. The molecule has 1 saturated heterocycles. The maximum absolute atomic E-state index is 13.4. The molecule has 1 amide bonds. The van der Waals surface area contributed by atoms with E-state index >= 15 is 0 Å². The van der Waals surface area contributed by atoms with Crippen molar-refractivity contribution in [1.82, 2.24) is 4.90 Å². The Hall–Kier alpha value is -1.56. The standard InChI is InChI=1S/C14H16FNO3S/c1-20-12-8-10(2-3-11(12)15)13(17)16-6-4-9(5-7-16)14(18)19/h2-3,8-9H,4-7H2,1H3,(H,18,19). The average Bonchev–Trinajstić information content (AvgIpc) is 2.47. The summed E-state index contributed by atoms with van der Waals surface area (Å²) in [6.45, 7) is 0.865. The van der Waals surface area contributed by atoms with Gasteiger partial charge < -0.3 is 10.0 Å². The van der Waals surface area contributed by atoms with Crippen LogP contribution in [0.2, 0.25) is 0 Å². The predicted octanol–water partition coefficient (Wildman–Crippen LogP) is 2.48. The summed E-state index contributed by atoms with van der Waals surface area (Å²) in [5.41, 5.74) is 0.449. The van der Waals surface area contributed by atoms with Gasteiger partial charge in [-0.3, -0.25) is 9.59 Å². The number of thioether (sulfide) groups is 1. The van der Waals surface area contributed by atoms with Gasteiger partial charge in [-0.25, -0.2) is 4.39 Å². The third-order valence-electron chi connectivity index (χ3n) is 3.53. The van der Waals surface area contributed by atoms with Crippen LogP contribution in [0.4, 0.5) is 4.39 Å². The molecule has 1 aliphatic heterocycles. The van der Waals surface area contributed by atoms with E-state index in [1.165, 1.54) is 23.9 Å². The number of piperidine rings is 1. The fraction of sp³-hybridized carbons (Fsp3) is 0.429. The second kappa shape index (κ2) is 6.26. The molecular weight excluding hydrogens is 281 g/mol. The van der Waals surface area contributed by atoms with E-state index in [1.807, 2.05) is 0 Å². The molecule has 4 nitrogen and oxygen atoms in total. The van der Waals surface area contributed by atoms with E-state index in [-0.39, 0.29) is 17.6 Å². The fourth-order valence-electron chi connectivity index (χ4n) is 2.30. The Morgan fingerprint density at radius 3 is 2.55 bits per heavy atom. The third-order valence-corrected chi connectivity index (χ3v) is 4.28. The SMILES string of the molecule is CSc1cc(C(=O)N2CCC(C(=O)O)CC2)ccc1F. The summed E-state index contributed by atoms with van der Waals surface area (Å²) in [6, 6.07) is 4.31. The number of hydrogen-bond acceptors (Lipinski definition) is 3. The molecule has 1 fully saturated rings. The summed E-state index contributed by atoms with van der Waals surface area (Å²) in [5.74, 6) is -1.67. The Labute approximate surface area is 121 Å². The minimum atomic E-state index is -0.802. The van der Waals surface area contributed by atoms with Crippen molar-refractivity contribution in [2.45, 2.75) is 17.7 Å². The largest absolute Gasteiger partial charge is 0.481 e. The summed E-state index contributed by atoms with van der Waals surface area (Å²) in [7, 11) is 0. The van der Waals surface area contributed by atoms with Crippen LogP contribution in [0.3, 0.4) is 0 Å². The molecule has 108 valence electrons. The lowest BCUT2D eigenvalue weighted by molar-refractivity contribution is -0.143. The van der Waals surface area contributed by atoms with Crippen LogP contribution in [0, 0.1) is 11.7 Å². The summed E-state index contributed by atoms with van der Waals surface area (Å²) in [5, 5.41) is 8.93. The van der Waals surface area contributed by atoms with Gasteiger partial charge in [0, 0.05) is 23.5 Å². The summed E-state index contributed by atoms with van der Waals surface area (Å²) >= 11 is 1.25. The molecule has 0 bridgehead atoms. The fourth-order valence-corrected chi connectivity index (χ4v) is 2.81. The number of aliphatic carboxylic acids is 1. The highest BCUT2D eigenvalue weighted by molar-refractivity contribution is 7.98. The topological polar surface area (TPSA) is 57.6 Å². The van der Waals surface area contributed by atoms with Gasteiger partial charge >= 0.3 is 5.97 Å². The highest BCUT2D eigenvalue weighted by Gasteiger charge is 2.27. The molecule has 0 saturated carbocycles. The highest BCUT2D eigenvalue weighted by Crippen LogP contribution is 2.23. The van der Waals surface area contributed by atoms with Crippen molar-refractivity contribution in [2.75, 3.05) is 19.3 Å². The molecule has 1 heterocycles. The first-order valence-electron chi connectivity index (χ1n) is 6.38. The van der Waals surface area contributed by atoms with Crippen LogP contribution >= 0.6 is 11.8 Å². The number of carbonyl (C=O) groups is 2. The molecule has 0 radical (unpaired) electrons. The Morgan fingerprint density at radius 2 is 2.00 bits per heavy atom. The monoisotopic (exact) mass is 297 g/mol. The minimum absolute atomic E-state index is 0.163. The van der Waals surface area contributed by atoms with E-state index in [1.54, 1.807) is 17.2 Å². The van der Waals surface area contributed by atoms with E-state index in [2.05, 4.69) is 0 Å². The molecule has 2 rings (SSSR count). The quantitative estimate of drug-likeness (QED) is 0.871. The lowest BCUT2D eigenvalue weighted by Gasteiger charge is -2.30. The van der Waals surface area contributed by atoms with E-state index in [4.69, 9.17) is 5.11 Å². The Bertz CT molecular complexity index is 527. The third kappa shape index (κ3) is 3.12. The summed E-state index contributed by atoms with van der Waals surface area (Å²) < 4.78 is 13.4. The molecule has 20 heavy (non-hydrogen) atoms. The maximum Gasteiger partial charge on any atom is 0.306 e. The molecule has 0 aliphatic carbocycles. The van der Waals surface area contributed by atoms with Gasteiger partial charge in [-0.2, -0.15) is 0 Å². The summed E-state index contributed by atoms with van der Waals surface area (Å²) in [6.07, 6.45) is 2.69. The lowest BCUT2D eigenvalue weighted by Crippen LogP contribution is -2.40. The average molecular weight is 297 g/mol. The minimum Gasteiger partial charge on any atom is -0.481 e. The van der Waals surface area contributed by atoms with Crippen molar-refractivity contribution in [3.63, 3.8) is 0 Å². The van der Waals surface area contributed by atoms with Crippen molar-refractivity contribution in [3.8, 4) is 0 Å². The first-order valence-corrected chi connectivity index (χ1v) is 7.61. The number of rotatable bonds is 3. The van der Waals surface area contributed by atoms with Gasteiger partial charge in [0.1, 0.15) is 5.82 Å². The second-order valence-corrected chi connectivity index (χ2v) is 5.60. The van der Waals surface area contributed by atoms with Crippen LogP contribution in [0.15, 0.2) is 23.1 Å². The van der Waals surface area contributed by atoms with E-state index in [9.17, 15) is 14.0 Å². The Morgan fingerprint density at radius 1 is 1.35 bits per heavy atom. The smallest absolute Gasteiger partial charge is 0.306 e. The van der Waals surface area contributed by atoms with Gasteiger partial charge in [0.05, 0.1) is 5.92 Å². The van der Waals surface area contributed by atoms with Gasteiger partial charge in [-0.15, -0.1) is 11.8 Å². The number of hydrogen-bond donors (Lipinski definition) is 1. The van der Waals surface area contributed by atoms with E-state index in [0.717, 1.165) is 0 Å². The van der Waals surface area contributed by atoms with Crippen LogP contribution in [-0.2, 0) is 4.79 Å². The van der Waals surface area contributed by atoms with Crippen LogP contribution in [0.1, 0.15) is 23.2 Å². The van der Waals surface area contributed by atoms with Crippen molar-refractivity contribution in [1.29, 1.82) is 0 Å². The first kappa shape index (κ1) is 14.8. The van der Waals surface area contributed by atoms with Gasteiger partial charge in [0.15, 0.2) is 0 Å². The van der Waals surface area contributed by atoms with Crippen LogP contribution in [-0.4, -0.2) is 41.2 Å².